The molecule has 0 aliphatic heterocycles. The summed E-state index contributed by atoms with van der Waals surface area (Å²) in [7, 11) is 0. The number of hydrogen-bond donors (Lipinski definition) is 2. The third kappa shape index (κ3) is 4.58. The van der Waals surface area contributed by atoms with Crippen LogP contribution in [0.4, 0.5) is 0 Å². The second-order valence-electron chi connectivity index (χ2n) is 5.68. The number of nitrogens with two attached hydrogens (primary N) is 1. The zero-order valence-corrected chi connectivity index (χ0v) is 13.2. The summed E-state index contributed by atoms with van der Waals surface area (Å²) in [6, 6.07) is 10.3. The van der Waals surface area contributed by atoms with Crippen LogP contribution in [0.15, 0.2) is 30.3 Å². The highest BCUT2D eigenvalue weighted by molar-refractivity contribution is 5.23. The maximum atomic E-state index is 10.9. The van der Waals surface area contributed by atoms with Crippen LogP contribution in [-0.4, -0.2) is 35.7 Å². The minimum absolute atomic E-state index is 0.246. The topological polar surface area (TPSA) is 49.5 Å². The van der Waals surface area contributed by atoms with E-state index in [0.29, 0.717) is 12.6 Å². The lowest BCUT2D eigenvalue weighted by molar-refractivity contribution is -0.00506. The Bertz CT molecular complexity index is 369. The molecule has 2 atom stereocenters. The summed E-state index contributed by atoms with van der Waals surface area (Å²) in [5, 5.41) is 10.9. The monoisotopic (exact) mass is 278 g/mol. The minimum atomic E-state index is -0.960. The van der Waals surface area contributed by atoms with E-state index in [4.69, 9.17) is 5.73 Å². The van der Waals surface area contributed by atoms with Crippen molar-refractivity contribution in [3.05, 3.63) is 35.9 Å². The lowest BCUT2D eigenvalue weighted by atomic mass is 9.92. The summed E-state index contributed by atoms with van der Waals surface area (Å²) < 4.78 is 0. The van der Waals surface area contributed by atoms with Crippen LogP contribution in [0, 0.1) is 0 Å². The molecule has 0 spiro atoms. The standard InChI is InChI=1S/C17H30N2O/c1-4-6-12-19(15(3)5-2)14-17(20,13-18)16-10-8-7-9-11-16/h7-11,15,20H,4-6,12-14,18H2,1-3H3. The summed E-state index contributed by atoms with van der Waals surface area (Å²) in [5.41, 5.74) is 5.83. The van der Waals surface area contributed by atoms with Crippen LogP contribution in [0.25, 0.3) is 0 Å². The summed E-state index contributed by atoms with van der Waals surface area (Å²) in [5.74, 6) is 0. The van der Waals surface area contributed by atoms with Crippen LogP contribution in [0.1, 0.15) is 45.6 Å². The Balaban J connectivity index is 2.87. The summed E-state index contributed by atoms with van der Waals surface area (Å²) >= 11 is 0. The van der Waals surface area contributed by atoms with Gasteiger partial charge in [-0.2, -0.15) is 0 Å². The first kappa shape index (κ1) is 17.2. The fourth-order valence-electron chi connectivity index (χ4n) is 2.43. The molecule has 0 saturated heterocycles. The average Bonchev–Trinajstić information content (AvgIpc) is 2.51. The molecule has 0 saturated carbocycles. The first-order chi connectivity index (χ1) is 9.57. The van der Waals surface area contributed by atoms with Crippen LogP contribution in [0.5, 0.6) is 0 Å². The Morgan fingerprint density at radius 1 is 1.25 bits per heavy atom. The largest absolute Gasteiger partial charge is 0.382 e. The molecule has 1 rings (SSSR count). The van der Waals surface area contributed by atoms with Crippen LogP contribution in [0.3, 0.4) is 0 Å². The van der Waals surface area contributed by atoms with Gasteiger partial charge in [0.05, 0.1) is 0 Å². The van der Waals surface area contributed by atoms with Gasteiger partial charge in [-0.3, -0.25) is 4.90 Å². The highest BCUT2D eigenvalue weighted by atomic mass is 16.3. The fraction of sp³-hybridized carbons (Fsp3) is 0.647. The Hall–Kier alpha value is -0.900. The molecule has 1 aromatic carbocycles. The molecule has 0 aromatic heterocycles. The molecule has 0 radical (unpaired) electrons. The Morgan fingerprint density at radius 3 is 2.40 bits per heavy atom. The van der Waals surface area contributed by atoms with Gasteiger partial charge in [-0.1, -0.05) is 50.6 Å². The lowest BCUT2D eigenvalue weighted by Gasteiger charge is -2.37. The molecule has 0 heterocycles. The number of benzene rings is 1. The van der Waals surface area contributed by atoms with Gasteiger partial charge < -0.3 is 10.8 Å². The van der Waals surface area contributed by atoms with Crippen molar-refractivity contribution in [3.63, 3.8) is 0 Å². The molecule has 20 heavy (non-hydrogen) atoms. The van der Waals surface area contributed by atoms with Crippen LogP contribution in [0.2, 0.25) is 0 Å². The van der Waals surface area contributed by atoms with Gasteiger partial charge in [0.15, 0.2) is 0 Å². The molecule has 1 aromatic rings. The van der Waals surface area contributed by atoms with E-state index in [1.165, 1.54) is 6.42 Å². The average molecular weight is 278 g/mol. The number of hydrogen-bond acceptors (Lipinski definition) is 3. The molecule has 0 aliphatic rings. The number of unbranched alkanes of at least 4 members (excludes halogenated alkanes) is 1. The van der Waals surface area contributed by atoms with E-state index >= 15 is 0 Å². The quantitative estimate of drug-likeness (QED) is 0.730. The van der Waals surface area contributed by atoms with Crippen molar-refractivity contribution in [2.24, 2.45) is 5.73 Å². The van der Waals surface area contributed by atoms with Gasteiger partial charge >= 0.3 is 0 Å². The molecular weight excluding hydrogens is 248 g/mol. The molecular formula is C17H30N2O. The highest BCUT2D eigenvalue weighted by Crippen LogP contribution is 2.23. The summed E-state index contributed by atoms with van der Waals surface area (Å²) in [6.07, 6.45) is 3.40. The molecule has 0 aliphatic carbocycles. The predicted molar refractivity (Wildman–Crippen MR) is 85.6 cm³/mol. The van der Waals surface area contributed by atoms with Crippen LogP contribution >= 0.6 is 0 Å². The van der Waals surface area contributed by atoms with E-state index in [2.05, 4.69) is 25.7 Å². The number of nitrogens with zero attached hydrogens (tertiary/aromatic N) is 1. The smallest absolute Gasteiger partial charge is 0.114 e. The van der Waals surface area contributed by atoms with Crippen molar-refractivity contribution in [2.75, 3.05) is 19.6 Å². The first-order valence-corrected chi connectivity index (χ1v) is 7.79. The molecule has 3 N–H and O–H groups in total. The molecule has 114 valence electrons. The molecule has 3 nitrogen and oxygen atoms in total. The summed E-state index contributed by atoms with van der Waals surface area (Å²) in [4.78, 5) is 2.36. The molecule has 0 fully saturated rings. The SMILES string of the molecule is CCCCN(CC(O)(CN)c1ccccc1)C(C)CC. The Labute approximate surface area is 123 Å². The molecule has 0 bridgehead atoms. The highest BCUT2D eigenvalue weighted by Gasteiger charge is 2.31. The maximum absolute atomic E-state index is 10.9. The van der Waals surface area contributed by atoms with E-state index in [1.807, 2.05) is 30.3 Å². The van der Waals surface area contributed by atoms with Gasteiger partial charge in [-0.15, -0.1) is 0 Å². The van der Waals surface area contributed by atoms with Crippen molar-refractivity contribution >= 4 is 0 Å². The Kier molecular flexibility index (Phi) is 7.20. The van der Waals surface area contributed by atoms with E-state index in [9.17, 15) is 5.11 Å². The van der Waals surface area contributed by atoms with E-state index in [0.717, 1.165) is 24.9 Å². The van der Waals surface area contributed by atoms with E-state index < -0.39 is 5.60 Å². The third-order valence-electron chi connectivity index (χ3n) is 4.13. The van der Waals surface area contributed by atoms with Crippen LogP contribution in [-0.2, 0) is 5.60 Å². The van der Waals surface area contributed by atoms with Gasteiger partial charge in [-0.05, 0) is 31.9 Å². The Morgan fingerprint density at radius 2 is 1.90 bits per heavy atom. The maximum Gasteiger partial charge on any atom is 0.114 e. The normalized spacial score (nSPS) is 16.1. The fourth-order valence-corrected chi connectivity index (χ4v) is 2.43. The molecule has 2 unspecified atom stereocenters. The second kappa shape index (κ2) is 8.40. The van der Waals surface area contributed by atoms with E-state index in [-0.39, 0.29) is 6.54 Å². The zero-order chi connectivity index (χ0) is 15.0. The molecule has 0 amide bonds. The van der Waals surface area contributed by atoms with Crippen molar-refractivity contribution < 1.29 is 5.11 Å². The summed E-state index contributed by atoms with van der Waals surface area (Å²) in [6.45, 7) is 8.46. The first-order valence-electron chi connectivity index (χ1n) is 7.79. The third-order valence-corrected chi connectivity index (χ3v) is 4.13. The van der Waals surface area contributed by atoms with Gasteiger partial charge in [0.2, 0.25) is 0 Å². The van der Waals surface area contributed by atoms with Crippen molar-refractivity contribution in [1.82, 2.24) is 4.90 Å². The zero-order valence-electron chi connectivity index (χ0n) is 13.2. The minimum Gasteiger partial charge on any atom is -0.382 e. The van der Waals surface area contributed by atoms with Crippen LogP contribution < -0.4 is 5.73 Å². The number of rotatable bonds is 9. The number of aliphatic hydroxyl groups is 1. The van der Waals surface area contributed by atoms with Gasteiger partial charge in [0.1, 0.15) is 5.60 Å². The van der Waals surface area contributed by atoms with Gasteiger partial charge in [0.25, 0.3) is 0 Å². The van der Waals surface area contributed by atoms with Gasteiger partial charge in [-0.25, -0.2) is 0 Å². The predicted octanol–water partition coefficient (Wildman–Crippen LogP) is 2.73. The van der Waals surface area contributed by atoms with E-state index in [1.54, 1.807) is 0 Å². The van der Waals surface area contributed by atoms with Gasteiger partial charge in [0, 0.05) is 19.1 Å². The second-order valence-corrected chi connectivity index (χ2v) is 5.68. The lowest BCUT2D eigenvalue weighted by Crippen LogP contribution is -2.49. The molecule has 3 heteroatoms. The van der Waals surface area contributed by atoms with Crippen molar-refractivity contribution in [3.8, 4) is 0 Å². The van der Waals surface area contributed by atoms with Crippen molar-refractivity contribution in [2.45, 2.75) is 51.7 Å². The van der Waals surface area contributed by atoms with Crippen molar-refractivity contribution in [1.29, 1.82) is 0 Å².